The smallest absolute Gasteiger partial charge is 0.419 e. The molecule has 0 N–H and O–H groups in total. The van der Waals surface area contributed by atoms with Crippen LogP contribution in [0, 0.1) is 18.8 Å². The molecule has 1 aromatic heterocycles. The summed E-state index contributed by atoms with van der Waals surface area (Å²) in [6, 6.07) is 12.1. The summed E-state index contributed by atoms with van der Waals surface area (Å²) in [6.07, 6.45) is 5.80. The number of nitrogens with zero attached hydrogens (tertiary/aromatic N) is 2. The highest BCUT2D eigenvalue weighted by atomic mass is 16.6. The highest BCUT2D eigenvalue weighted by molar-refractivity contribution is 5.95. The van der Waals surface area contributed by atoms with Gasteiger partial charge < -0.3 is 18.9 Å². The second-order valence-corrected chi connectivity index (χ2v) is 12.6. The first-order valence-electron chi connectivity index (χ1n) is 15.0. The topological polar surface area (TPSA) is 79.2 Å². The van der Waals surface area contributed by atoms with Gasteiger partial charge in [-0.05, 0) is 107 Å². The zero-order chi connectivity index (χ0) is 30.0. The number of hydrogen-bond donors (Lipinski definition) is 0. The number of ether oxygens (including phenoxy) is 4. The number of methoxy groups -OCH3 is 2. The second kappa shape index (κ2) is 12.5. The zero-order valence-corrected chi connectivity index (χ0v) is 25.8. The van der Waals surface area contributed by atoms with Gasteiger partial charge in [-0.2, -0.15) is 0 Å². The van der Waals surface area contributed by atoms with Crippen LogP contribution in [0.15, 0.2) is 42.6 Å². The number of piperidine rings is 1. The predicted octanol–water partition coefficient (Wildman–Crippen LogP) is 6.91. The number of likely N-dealkylation sites (tertiary alicyclic amines) is 1. The van der Waals surface area contributed by atoms with Crippen LogP contribution >= 0.6 is 0 Å². The monoisotopic (exact) mass is 576 g/mol. The van der Waals surface area contributed by atoms with Crippen molar-refractivity contribution in [3.8, 4) is 5.75 Å². The largest absolute Gasteiger partial charge is 0.496 e. The van der Waals surface area contributed by atoms with Crippen molar-refractivity contribution in [3.05, 3.63) is 64.8 Å². The number of carbonyl (C=O) groups is 2. The quantitative estimate of drug-likeness (QED) is 0.295. The van der Waals surface area contributed by atoms with Crippen molar-refractivity contribution >= 4 is 23.0 Å². The highest BCUT2D eigenvalue weighted by Crippen LogP contribution is 2.43. The third-order valence-electron chi connectivity index (χ3n) is 8.80. The molecule has 3 aromatic rings. The first kappa shape index (κ1) is 30.1. The van der Waals surface area contributed by atoms with E-state index in [1.807, 2.05) is 52.0 Å². The first-order valence-corrected chi connectivity index (χ1v) is 15.0. The summed E-state index contributed by atoms with van der Waals surface area (Å²) in [5.41, 5.74) is 4.00. The van der Waals surface area contributed by atoms with Crippen molar-refractivity contribution in [1.29, 1.82) is 0 Å². The Hall–Kier alpha value is -3.36. The number of benzene rings is 2. The van der Waals surface area contributed by atoms with Gasteiger partial charge in [0.25, 0.3) is 0 Å². The Balaban J connectivity index is 1.50. The molecule has 42 heavy (non-hydrogen) atoms. The van der Waals surface area contributed by atoms with E-state index in [2.05, 4.69) is 17.0 Å². The number of esters is 1. The third kappa shape index (κ3) is 6.35. The SMILES string of the molecule is COC(=O)c1ccc([C@@H]2CC(C3CCOCC3)CCN2Cc2c(OC)cc(C)c3c2ccn3C(=O)OC(C)(C)C)cc1. The molecule has 2 aliphatic heterocycles. The Bertz CT molecular complexity index is 1410. The number of rotatable bonds is 6. The van der Waals surface area contributed by atoms with Crippen LogP contribution in [0.5, 0.6) is 5.75 Å². The molecule has 0 aliphatic carbocycles. The van der Waals surface area contributed by atoms with Crippen molar-refractivity contribution in [2.75, 3.05) is 34.0 Å². The summed E-state index contributed by atoms with van der Waals surface area (Å²) < 4.78 is 23.8. The molecule has 2 saturated heterocycles. The molecule has 8 heteroatoms. The molecule has 3 heterocycles. The lowest BCUT2D eigenvalue weighted by Gasteiger charge is -2.43. The third-order valence-corrected chi connectivity index (χ3v) is 8.80. The standard InChI is InChI=1S/C34H44N2O6/c1-22-19-30(39-5)28(27-12-16-36(31(22)27)33(38)42-34(2,3)4)21-35-15-11-26(23-13-17-41-18-14-23)20-29(35)24-7-9-25(10-8-24)32(37)40-6/h7-10,12,16,19,23,26,29H,11,13-15,17-18,20-21H2,1-6H3/t26?,29-/m0/s1. The van der Waals surface area contributed by atoms with Crippen LogP contribution < -0.4 is 4.74 Å². The molecule has 2 aliphatic rings. The normalized spacial score (nSPS) is 20.4. The molecular formula is C34H44N2O6. The van der Waals surface area contributed by atoms with Gasteiger partial charge in [0.15, 0.2) is 0 Å². The summed E-state index contributed by atoms with van der Waals surface area (Å²) in [4.78, 5) is 27.8. The van der Waals surface area contributed by atoms with Crippen LogP contribution in [0.3, 0.4) is 0 Å². The van der Waals surface area contributed by atoms with Crippen LogP contribution in [-0.2, 0) is 20.8 Å². The van der Waals surface area contributed by atoms with E-state index in [1.165, 1.54) is 12.7 Å². The van der Waals surface area contributed by atoms with E-state index in [9.17, 15) is 9.59 Å². The maximum atomic E-state index is 13.1. The van der Waals surface area contributed by atoms with Gasteiger partial charge in [0.2, 0.25) is 0 Å². The van der Waals surface area contributed by atoms with Crippen molar-refractivity contribution in [1.82, 2.24) is 9.47 Å². The lowest BCUT2D eigenvalue weighted by Crippen LogP contribution is -2.39. The maximum Gasteiger partial charge on any atom is 0.419 e. The van der Waals surface area contributed by atoms with E-state index in [-0.39, 0.29) is 12.0 Å². The van der Waals surface area contributed by atoms with Gasteiger partial charge in [0.1, 0.15) is 11.4 Å². The molecule has 0 spiro atoms. The molecule has 2 aromatic carbocycles. The summed E-state index contributed by atoms with van der Waals surface area (Å²) >= 11 is 0. The maximum absolute atomic E-state index is 13.1. The molecule has 2 atom stereocenters. The molecule has 2 fully saturated rings. The van der Waals surface area contributed by atoms with E-state index >= 15 is 0 Å². The molecule has 0 bridgehead atoms. The fraction of sp³-hybridized carbons (Fsp3) is 0.529. The minimum absolute atomic E-state index is 0.173. The van der Waals surface area contributed by atoms with Gasteiger partial charge in [-0.1, -0.05) is 12.1 Å². The Morgan fingerprint density at radius 2 is 1.71 bits per heavy atom. The molecule has 0 amide bonds. The predicted molar refractivity (Wildman–Crippen MR) is 162 cm³/mol. The lowest BCUT2D eigenvalue weighted by atomic mass is 9.76. The van der Waals surface area contributed by atoms with Crippen molar-refractivity contribution < 1.29 is 28.5 Å². The van der Waals surface area contributed by atoms with Crippen LogP contribution in [0.1, 0.15) is 79.5 Å². The zero-order valence-electron chi connectivity index (χ0n) is 25.8. The van der Waals surface area contributed by atoms with Gasteiger partial charge in [-0.3, -0.25) is 9.47 Å². The number of aromatic nitrogens is 1. The fourth-order valence-electron chi connectivity index (χ4n) is 6.73. The Labute approximate surface area is 248 Å². The number of hydrogen-bond acceptors (Lipinski definition) is 7. The number of aryl methyl sites for hydroxylation is 1. The molecule has 8 nitrogen and oxygen atoms in total. The van der Waals surface area contributed by atoms with Gasteiger partial charge in [-0.15, -0.1) is 0 Å². The summed E-state index contributed by atoms with van der Waals surface area (Å²) in [5, 5.41) is 0.990. The van der Waals surface area contributed by atoms with Crippen molar-refractivity contribution in [2.24, 2.45) is 11.8 Å². The first-order chi connectivity index (χ1) is 20.1. The molecule has 5 rings (SSSR count). The number of fused-ring (bicyclic) bond motifs is 1. The molecule has 0 saturated carbocycles. The fourth-order valence-corrected chi connectivity index (χ4v) is 6.73. The van der Waals surface area contributed by atoms with Crippen LogP contribution in [-0.4, -0.2) is 61.1 Å². The van der Waals surface area contributed by atoms with Crippen molar-refractivity contribution in [3.63, 3.8) is 0 Å². The average Bonchev–Trinajstić information content (AvgIpc) is 3.44. The van der Waals surface area contributed by atoms with Gasteiger partial charge in [0.05, 0.1) is 25.3 Å². The highest BCUT2D eigenvalue weighted by Gasteiger charge is 2.35. The van der Waals surface area contributed by atoms with Gasteiger partial charge >= 0.3 is 12.1 Å². The van der Waals surface area contributed by atoms with E-state index in [4.69, 9.17) is 18.9 Å². The van der Waals surface area contributed by atoms with Crippen LogP contribution in [0.25, 0.3) is 10.9 Å². The van der Waals surface area contributed by atoms with Crippen LogP contribution in [0.2, 0.25) is 0 Å². The second-order valence-electron chi connectivity index (χ2n) is 12.6. The average molecular weight is 577 g/mol. The Kier molecular flexibility index (Phi) is 8.94. The molecular weight excluding hydrogens is 532 g/mol. The minimum Gasteiger partial charge on any atom is -0.496 e. The van der Waals surface area contributed by atoms with E-state index in [0.717, 1.165) is 73.2 Å². The summed E-state index contributed by atoms with van der Waals surface area (Å²) in [6.45, 7) is 10.9. The van der Waals surface area contributed by atoms with Gasteiger partial charge in [0, 0.05) is 42.9 Å². The van der Waals surface area contributed by atoms with Crippen LogP contribution in [0.4, 0.5) is 4.79 Å². The van der Waals surface area contributed by atoms with E-state index < -0.39 is 11.7 Å². The lowest BCUT2D eigenvalue weighted by molar-refractivity contribution is 0.0141. The number of carbonyl (C=O) groups excluding carboxylic acids is 2. The van der Waals surface area contributed by atoms with E-state index in [0.29, 0.717) is 23.9 Å². The molecule has 226 valence electrons. The summed E-state index contributed by atoms with van der Waals surface area (Å²) in [7, 11) is 3.11. The Morgan fingerprint density at radius 3 is 2.36 bits per heavy atom. The molecule has 0 radical (unpaired) electrons. The summed E-state index contributed by atoms with van der Waals surface area (Å²) in [5.74, 6) is 1.77. The minimum atomic E-state index is -0.595. The Morgan fingerprint density at radius 1 is 1.00 bits per heavy atom. The van der Waals surface area contributed by atoms with Gasteiger partial charge in [-0.25, -0.2) is 9.59 Å². The van der Waals surface area contributed by atoms with E-state index in [1.54, 1.807) is 17.9 Å². The van der Waals surface area contributed by atoms with Crippen molar-refractivity contribution in [2.45, 2.75) is 71.6 Å². The molecule has 1 unspecified atom stereocenters.